The Balaban J connectivity index is 2.53. The summed E-state index contributed by atoms with van der Waals surface area (Å²) in [7, 11) is 0. The molecule has 84 valence electrons. The fourth-order valence-corrected chi connectivity index (χ4v) is 2.89. The molecule has 0 aliphatic carbocycles. The zero-order valence-electron chi connectivity index (χ0n) is 8.80. The van der Waals surface area contributed by atoms with Gasteiger partial charge < -0.3 is 4.74 Å². The largest absolute Gasteiger partial charge is 0.465 e. The Kier molecular flexibility index (Phi) is 5.63. The lowest BCUT2D eigenvalue weighted by molar-refractivity contribution is -0.142. The molecule has 6 heteroatoms. The minimum absolute atomic E-state index is 0.150. The van der Waals surface area contributed by atoms with Gasteiger partial charge in [-0.25, -0.2) is 0 Å². The summed E-state index contributed by atoms with van der Waals surface area (Å²) in [6.45, 7) is 4.29. The van der Waals surface area contributed by atoms with E-state index in [9.17, 15) is 4.79 Å². The van der Waals surface area contributed by atoms with Crippen LogP contribution in [0.4, 0.5) is 0 Å². The first-order chi connectivity index (χ1) is 7.27. The lowest BCUT2D eigenvalue weighted by atomic mass is 10.2. The molecule has 0 aromatic carbocycles. The summed E-state index contributed by atoms with van der Waals surface area (Å²) in [5.41, 5.74) is 1.66. The molecular weight excluding hydrogens is 232 g/mol. The van der Waals surface area contributed by atoms with Crippen LogP contribution >= 0.6 is 23.1 Å². The number of aromatic nitrogens is 2. The fraction of sp³-hybridized carbons (Fsp3) is 0.667. The van der Waals surface area contributed by atoms with Gasteiger partial charge >= 0.3 is 5.97 Å². The summed E-state index contributed by atoms with van der Waals surface area (Å²) < 4.78 is 5.82. The van der Waals surface area contributed by atoms with Gasteiger partial charge in [0.25, 0.3) is 0 Å². The van der Waals surface area contributed by atoms with Gasteiger partial charge in [0.2, 0.25) is 0 Å². The molecule has 1 aromatic heterocycles. The van der Waals surface area contributed by atoms with Gasteiger partial charge in [0.05, 0.1) is 6.61 Å². The van der Waals surface area contributed by atoms with Crippen molar-refractivity contribution in [3.8, 4) is 0 Å². The van der Waals surface area contributed by atoms with Crippen LogP contribution in [0.2, 0.25) is 0 Å². The smallest absolute Gasteiger partial charge is 0.319 e. The Labute approximate surface area is 97.4 Å². The van der Waals surface area contributed by atoms with Gasteiger partial charge in [-0.15, -0.1) is 10.2 Å². The maximum absolute atomic E-state index is 11.6. The molecule has 1 heterocycles. The summed E-state index contributed by atoms with van der Waals surface area (Å²) in [5, 5.41) is 7.49. The number of carbonyl (C=O) groups excluding carboxylic acids is 1. The van der Waals surface area contributed by atoms with Gasteiger partial charge in [0.1, 0.15) is 10.8 Å². The van der Waals surface area contributed by atoms with E-state index in [4.69, 9.17) is 4.74 Å². The van der Waals surface area contributed by atoms with Crippen LogP contribution in [-0.4, -0.2) is 28.0 Å². The highest BCUT2D eigenvalue weighted by Crippen LogP contribution is 2.27. The molecule has 0 saturated carbocycles. The molecule has 0 amide bonds. The molecule has 0 fully saturated rings. The second-order valence-corrected chi connectivity index (χ2v) is 5.13. The minimum Gasteiger partial charge on any atom is -0.465 e. The number of carbonyl (C=O) groups is 1. The maximum atomic E-state index is 11.6. The molecule has 0 N–H and O–H groups in total. The topological polar surface area (TPSA) is 52.1 Å². The number of hydrogen-bond acceptors (Lipinski definition) is 6. The van der Waals surface area contributed by atoms with E-state index in [0.29, 0.717) is 6.61 Å². The summed E-state index contributed by atoms with van der Waals surface area (Å²) in [4.78, 5) is 11.6. The van der Waals surface area contributed by atoms with E-state index in [1.54, 1.807) is 5.51 Å². The Morgan fingerprint density at radius 1 is 1.67 bits per heavy atom. The van der Waals surface area contributed by atoms with Gasteiger partial charge in [-0.05, 0) is 13.3 Å². The molecular formula is C9H14N2O2S2. The van der Waals surface area contributed by atoms with E-state index < -0.39 is 0 Å². The van der Waals surface area contributed by atoms with Crippen LogP contribution < -0.4 is 0 Å². The predicted octanol–water partition coefficient (Wildman–Crippen LogP) is 2.36. The van der Waals surface area contributed by atoms with E-state index in [0.717, 1.165) is 17.2 Å². The SMILES string of the molecule is CCCC(Sc1nncs1)C(=O)OCC. The highest BCUT2D eigenvalue weighted by atomic mass is 32.2. The van der Waals surface area contributed by atoms with Gasteiger partial charge in [-0.3, -0.25) is 4.79 Å². The highest BCUT2D eigenvalue weighted by molar-refractivity contribution is 8.02. The number of thioether (sulfide) groups is 1. The Morgan fingerprint density at radius 2 is 2.47 bits per heavy atom. The fourth-order valence-electron chi connectivity index (χ4n) is 1.06. The zero-order valence-corrected chi connectivity index (χ0v) is 10.4. The highest BCUT2D eigenvalue weighted by Gasteiger charge is 2.21. The van der Waals surface area contributed by atoms with Gasteiger partial charge in [-0.1, -0.05) is 36.4 Å². The second-order valence-electron chi connectivity index (χ2n) is 2.85. The average Bonchev–Trinajstić information content (AvgIpc) is 2.70. The molecule has 0 bridgehead atoms. The van der Waals surface area contributed by atoms with Gasteiger partial charge in [0.15, 0.2) is 4.34 Å². The standard InChI is InChI=1S/C9H14N2O2S2/c1-3-5-7(8(12)13-4-2)15-9-11-10-6-14-9/h6-7H,3-5H2,1-2H3. The number of rotatable bonds is 6. The van der Waals surface area contributed by atoms with E-state index in [2.05, 4.69) is 10.2 Å². The van der Waals surface area contributed by atoms with Crippen LogP contribution in [0.15, 0.2) is 9.85 Å². The second kappa shape index (κ2) is 6.79. The van der Waals surface area contributed by atoms with E-state index in [1.807, 2.05) is 13.8 Å². The number of esters is 1. The van der Waals surface area contributed by atoms with Crippen LogP contribution in [0.5, 0.6) is 0 Å². The first-order valence-corrected chi connectivity index (χ1v) is 6.63. The summed E-state index contributed by atoms with van der Waals surface area (Å²) in [6.07, 6.45) is 1.76. The number of ether oxygens (including phenoxy) is 1. The van der Waals surface area contributed by atoms with Crippen molar-refractivity contribution >= 4 is 29.1 Å². The third-order valence-corrected chi connectivity index (χ3v) is 3.74. The predicted molar refractivity (Wildman–Crippen MR) is 61.1 cm³/mol. The quantitative estimate of drug-likeness (QED) is 0.569. The molecule has 4 nitrogen and oxygen atoms in total. The van der Waals surface area contributed by atoms with E-state index in [-0.39, 0.29) is 11.2 Å². The number of nitrogens with zero attached hydrogens (tertiary/aromatic N) is 2. The first-order valence-electron chi connectivity index (χ1n) is 4.87. The third-order valence-electron chi connectivity index (χ3n) is 1.68. The minimum atomic E-state index is -0.153. The molecule has 0 aliphatic rings. The molecule has 0 spiro atoms. The van der Waals surface area contributed by atoms with Crippen molar-refractivity contribution in [1.82, 2.24) is 10.2 Å². The third kappa shape index (κ3) is 4.17. The van der Waals surface area contributed by atoms with Crippen LogP contribution in [0.3, 0.4) is 0 Å². The van der Waals surface area contributed by atoms with Crippen molar-refractivity contribution in [3.63, 3.8) is 0 Å². The summed E-state index contributed by atoms with van der Waals surface area (Å²) >= 11 is 2.88. The van der Waals surface area contributed by atoms with Crippen LogP contribution in [0.25, 0.3) is 0 Å². The molecule has 1 atom stereocenters. The molecule has 1 unspecified atom stereocenters. The molecule has 0 aliphatic heterocycles. The van der Waals surface area contributed by atoms with Crippen molar-refractivity contribution in [2.75, 3.05) is 6.61 Å². The first kappa shape index (κ1) is 12.4. The van der Waals surface area contributed by atoms with Crippen molar-refractivity contribution in [2.45, 2.75) is 36.3 Å². The lowest BCUT2D eigenvalue weighted by Gasteiger charge is -2.11. The molecule has 0 radical (unpaired) electrons. The van der Waals surface area contributed by atoms with Crippen molar-refractivity contribution in [1.29, 1.82) is 0 Å². The van der Waals surface area contributed by atoms with Crippen LogP contribution in [-0.2, 0) is 9.53 Å². The Morgan fingerprint density at radius 3 is 3.00 bits per heavy atom. The zero-order chi connectivity index (χ0) is 11.1. The summed E-state index contributed by atoms with van der Waals surface area (Å²) in [5.74, 6) is -0.153. The summed E-state index contributed by atoms with van der Waals surface area (Å²) in [6, 6.07) is 0. The van der Waals surface area contributed by atoms with Crippen LogP contribution in [0.1, 0.15) is 26.7 Å². The Hall–Kier alpha value is -0.620. The molecule has 1 rings (SSSR count). The van der Waals surface area contributed by atoms with E-state index >= 15 is 0 Å². The lowest BCUT2D eigenvalue weighted by Crippen LogP contribution is -2.20. The van der Waals surface area contributed by atoms with Crippen molar-refractivity contribution in [3.05, 3.63) is 5.51 Å². The monoisotopic (exact) mass is 246 g/mol. The average molecular weight is 246 g/mol. The van der Waals surface area contributed by atoms with E-state index in [1.165, 1.54) is 23.1 Å². The van der Waals surface area contributed by atoms with Gasteiger partial charge in [-0.2, -0.15) is 0 Å². The molecule has 15 heavy (non-hydrogen) atoms. The van der Waals surface area contributed by atoms with Crippen molar-refractivity contribution < 1.29 is 9.53 Å². The number of hydrogen-bond donors (Lipinski definition) is 0. The van der Waals surface area contributed by atoms with Gasteiger partial charge in [0, 0.05) is 0 Å². The molecule has 0 saturated heterocycles. The normalized spacial score (nSPS) is 12.4. The van der Waals surface area contributed by atoms with Crippen molar-refractivity contribution in [2.24, 2.45) is 0 Å². The Bertz CT molecular complexity index is 290. The van der Waals surface area contributed by atoms with Crippen LogP contribution in [0, 0.1) is 0 Å². The maximum Gasteiger partial charge on any atom is 0.319 e. The molecule has 1 aromatic rings.